The lowest BCUT2D eigenvalue weighted by molar-refractivity contribution is -0.131. The van der Waals surface area contributed by atoms with Crippen molar-refractivity contribution >= 4 is 17.8 Å². The van der Waals surface area contributed by atoms with Crippen LogP contribution in [0.15, 0.2) is 30.3 Å². The first-order valence-corrected chi connectivity index (χ1v) is 7.01. The third kappa shape index (κ3) is 5.39. The number of piperidine rings is 1. The number of ether oxygens (including phenoxy) is 1. The highest BCUT2D eigenvalue weighted by molar-refractivity contribution is 5.85. The third-order valence-electron chi connectivity index (χ3n) is 3.39. The molecule has 0 saturated carbocycles. The first-order valence-electron chi connectivity index (χ1n) is 7.01. The summed E-state index contributed by atoms with van der Waals surface area (Å²) in [5.74, 6) is 0.142. The molecule has 1 aliphatic rings. The number of carboxylic acid groups (broad SMARTS) is 1. The van der Waals surface area contributed by atoms with Gasteiger partial charge in [0.2, 0.25) is 0 Å². The minimum atomic E-state index is -0.963. The molecule has 1 N–H and O–H groups in total. The minimum absolute atomic E-state index is 0.345. The van der Waals surface area contributed by atoms with Gasteiger partial charge in [-0.15, -0.1) is 0 Å². The molecule has 1 aliphatic heterocycles. The van der Waals surface area contributed by atoms with Crippen LogP contribution in [0.5, 0.6) is 5.75 Å². The Kier molecular flexibility index (Phi) is 5.51. The van der Waals surface area contributed by atoms with E-state index in [2.05, 4.69) is 4.90 Å². The van der Waals surface area contributed by atoms with Crippen molar-refractivity contribution in [3.63, 3.8) is 0 Å². The van der Waals surface area contributed by atoms with Crippen molar-refractivity contribution in [3.05, 3.63) is 35.9 Å². The molecule has 1 saturated heterocycles. The summed E-state index contributed by atoms with van der Waals surface area (Å²) in [7, 11) is 0. The van der Waals surface area contributed by atoms with Crippen LogP contribution < -0.4 is 4.74 Å². The Morgan fingerprint density at radius 2 is 1.90 bits per heavy atom. The predicted molar refractivity (Wildman–Crippen MR) is 79.3 cm³/mol. The topological polar surface area (TPSA) is 66.8 Å². The largest absolute Gasteiger partial charge is 0.492 e. The number of carbonyl (C=O) groups excluding carboxylic acids is 1. The van der Waals surface area contributed by atoms with Gasteiger partial charge in [0.25, 0.3) is 0 Å². The molecular formula is C16H19NO4. The molecule has 5 heteroatoms. The zero-order valence-corrected chi connectivity index (χ0v) is 11.8. The van der Waals surface area contributed by atoms with Gasteiger partial charge in [-0.3, -0.25) is 9.69 Å². The van der Waals surface area contributed by atoms with Gasteiger partial charge in [0, 0.05) is 38.6 Å². The van der Waals surface area contributed by atoms with Gasteiger partial charge >= 0.3 is 5.97 Å². The number of benzene rings is 1. The molecule has 1 aromatic rings. The molecule has 21 heavy (non-hydrogen) atoms. The molecule has 0 bridgehead atoms. The number of nitrogens with zero attached hydrogens (tertiary/aromatic N) is 1. The molecule has 112 valence electrons. The lowest BCUT2D eigenvalue weighted by Crippen LogP contribution is -2.36. The SMILES string of the molecule is O=C(O)C=Cc1ccc(OCCN2CCC(=O)CC2)cc1. The Morgan fingerprint density at radius 1 is 1.24 bits per heavy atom. The highest BCUT2D eigenvalue weighted by Crippen LogP contribution is 2.13. The maximum Gasteiger partial charge on any atom is 0.328 e. The molecule has 1 heterocycles. The van der Waals surface area contributed by atoms with Crippen molar-refractivity contribution in [2.24, 2.45) is 0 Å². The smallest absolute Gasteiger partial charge is 0.328 e. The number of carbonyl (C=O) groups is 2. The minimum Gasteiger partial charge on any atom is -0.492 e. The zero-order chi connectivity index (χ0) is 15.1. The van der Waals surface area contributed by atoms with Gasteiger partial charge < -0.3 is 9.84 Å². The normalized spacial score (nSPS) is 16.3. The lowest BCUT2D eigenvalue weighted by atomic mass is 10.1. The Bertz CT molecular complexity index is 512. The van der Waals surface area contributed by atoms with Crippen LogP contribution in [0.3, 0.4) is 0 Å². The van der Waals surface area contributed by atoms with E-state index in [-0.39, 0.29) is 0 Å². The van der Waals surface area contributed by atoms with Gasteiger partial charge in [0.1, 0.15) is 18.1 Å². The average Bonchev–Trinajstić information content (AvgIpc) is 2.48. The van der Waals surface area contributed by atoms with Gasteiger partial charge in [-0.25, -0.2) is 4.79 Å². The first-order chi connectivity index (χ1) is 10.1. The summed E-state index contributed by atoms with van der Waals surface area (Å²) in [5.41, 5.74) is 0.819. The molecule has 0 amide bonds. The maximum absolute atomic E-state index is 11.1. The number of Topliss-reactive ketones (excluding diaryl/α,β-unsaturated/α-hetero) is 1. The van der Waals surface area contributed by atoms with Crippen molar-refractivity contribution in [2.45, 2.75) is 12.8 Å². The van der Waals surface area contributed by atoms with Gasteiger partial charge in [0.15, 0.2) is 0 Å². The summed E-state index contributed by atoms with van der Waals surface area (Å²) < 4.78 is 5.65. The van der Waals surface area contributed by atoms with Gasteiger partial charge in [-0.1, -0.05) is 12.1 Å². The molecule has 1 aromatic carbocycles. The number of aliphatic carboxylic acids is 1. The molecule has 0 spiro atoms. The average molecular weight is 289 g/mol. The summed E-state index contributed by atoms with van der Waals surface area (Å²) in [4.78, 5) is 23.8. The quantitative estimate of drug-likeness (QED) is 0.809. The standard InChI is InChI=1S/C16H19NO4/c18-14-7-9-17(10-8-14)11-12-21-15-4-1-13(2-5-15)3-6-16(19)20/h1-6H,7-12H2,(H,19,20). The van der Waals surface area contributed by atoms with Crippen LogP contribution in [-0.2, 0) is 9.59 Å². The molecule has 0 aliphatic carbocycles. The lowest BCUT2D eigenvalue weighted by Gasteiger charge is -2.25. The summed E-state index contributed by atoms with van der Waals surface area (Å²) in [5, 5.41) is 8.55. The van der Waals surface area contributed by atoms with Crippen molar-refractivity contribution in [2.75, 3.05) is 26.2 Å². The van der Waals surface area contributed by atoms with Gasteiger partial charge in [-0.2, -0.15) is 0 Å². The number of hydrogen-bond donors (Lipinski definition) is 1. The van der Waals surface area contributed by atoms with E-state index in [1.54, 1.807) is 0 Å². The summed E-state index contributed by atoms with van der Waals surface area (Å²) in [6.07, 6.45) is 3.93. The molecule has 0 radical (unpaired) electrons. The highest BCUT2D eigenvalue weighted by atomic mass is 16.5. The van der Waals surface area contributed by atoms with E-state index in [1.165, 1.54) is 6.08 Å². The fraction of sp³-hybridized carbons (Fsp3) is 0.375. The second kappa shape index (κ2) is 7.59. The molecule has 2 rings (SSSR count). The second-order valence-corrected chi connectivity index (χ2v) is 4.97. The number of ketones is 1. The number of hydrogen-bond acceptors (Lipinski definition) is 4. The monoisotopic (exact) mass is 289 g/mol. The molecule has 5 nitrogen and oxygen atoms in total. The zero-order valence-electron chi connectivity index (χ0n) is 11.8. The van der Waals surface area contributed by atoms with E-state index in [0.717, 1.165) is 37.0 Å². The number of rotatable bonds is 6. The van der Waals surface area contributed by atoms with Crippen LogP contribution in [0.2, 0.25) is 0 Å². The predicted octanol–water partition coefficient (Wildman–Crippen LogP) is 1.83. The highest BCUT2D eigenvalue weighted by Gasteiger charge is 2.15. The van der Waals surface area contributed by atoms with E-state index in [9.17, 15) is 9.59 Å². The summed E-state index contributed by atoms with van der Waals surface area (Å²) in [6.45, 7) is 3.04. The third-order valence-corrected chi connectivity index (χ3v) is 3.39. The second-order valence-electron chi connectivity index (χ2n) is 4.97. The molecular weight excluding hydrogens is 270 g/mol. The van der Waals surface area contributed by atoms with Crippen molar-refractivity contribution < 1.29 is 19.4 Å². The van der Waals surface area contributed by atoms with Gasteiger partial charge in [-0.05, 0) is 23.8 Å². The molecule has 0 unspecified atom stereocenters. The number of carboxylic acids is 1. The fourth-order valence-electron chi connectivity index (χ4n) is 2.16. The van der Waals surface area contributed by atoms with E-state index in [0.29, 0.717) is 25.2 Å². The summed E-state index contributed by atoms with van der Waals surface area (Å²) in [6, 6.07) is 7.27. The van der Waals surface area contributed by atoms with Crippen LogP contribution >= 0.6 is 0 Å². The van der Waals surface area contributed by atoms with E-state index in [4.69, 9.17) is 9.84 Å². The van der Waals surface area contributed by atoms with E-state index in [1.807, 2.05) is 24.3 Å². The first kappa shape index (κ1) is 15.3. The molecule has 1 fully saturated rings. The fourth-order valence-corrected chi connectivity index (χ4v) is 2.16. The van der Waals surface area contributed by atoms with E-state index >= 15 is 0 Å². The maximum atomic E-state index is 11.1. The Morgan fingerprint density at radius 3 is 2.52 bits per heavy atom. The van der Waals surface area contributed by atoms with Crippen LogP contribution in [0.1, 0.15) is 18.4 Å². The van der Waals surface area contributed by atoms with Crippen molar-refractivity contribution in [1.82, 2.24) is 4.90 Å². The van der Waals surface area contributed by atoms with Gasteiger partial charge in [0.05, 0.1) is 0 Å². The Labute approximate surface area is 123 Å². The van der Waals surface area contributed by atoms with Crippen LogP contribution in [0, 0.1) is 0 Å². The summed E-state index contributed by atoms with van der Waals surface area (Å²) >= 11 is 0. The number of likely N-dealkylation sites (tertiary alicyclic amines) is 1. The Hall–Kier alpha value is -2.14. The molecule has 0 aromatic heterocycles. The van der Waals surface area contributed by atoms with Crippen molar-refractivity contribution in [3.8, 4) is 5.75 Å². The van der Waals surface area contributed by atoms with Crippen LogP contribution in [0.25, 0.3) is 6.08 Å². The van der Waals surface area contributed by atoms with Crippen LogP contribution in [0.4, 0.5) is 0 Å². The van der Waals surface area contributed by atoms with E-state index < -0.39 is 5.97 Å². The molecule has 0 atom stereocenters. The van der Waals surface area contributed by atoms with Crippen molar-refractivity contribution in [1.29, 1.82) is 0 Å². The Balaban J connectivity index is 1.73. The van der Waals surface area contributed by atoms with Crippen LogP contribution in [-0.4, -0.2) is 48.0 Å².